The van der Waals surface area contributed by atoms with Gasteiger partial charge in [0.1, 0.15) is 5.82 Å². The minimum absolute atomic E-state index is 0.515. The number of nitrogens with zero attached hydrogens (tertiary/aromatic N) is 3. The van der Waals surface area contributed by atoms with Crippen molar-refractivity contribution in [1.82, 2.24) is 15.3 Å². The van der Waals surface area contributed by atoms with Gasteiger partial charge in [-0.3, -0.25) is 4.99 Å². The zero-order chi connectivity index (χ0) is 18.2. The summed E-state index contributed by atoms with van der Waals surface area (Å²) in [7, 11) is 1.69. The Morgan fingerprint density at radius 2 is 2.04 bits per heavy atom. The Labute approximate surface area is 157 Å². The van der Waals surface area contributed by atoms with E-state index in [9.17, 15) is 0 Å². The Balaban J connectivity index is 2.04. The summed E-state index contributed by atoms with van der Waals surface area (Å²) in [5.41, 5.74) is 7.35. The van der Waals surface area contributed by atoms with Crippen LogP contribution in [0.15, 0.2) is 41.2 Å². The number of nitrogens with two attached hydrogens (primary N) is 1. The topological polar surface area (TPSA) is 88.2 Å². The predicted octanol–water partition coefficient (Wildman–Crippen LogP) is 3.26. The molecule has 132 valence electrons. The standard InChI is InChI=1S/C17H20Cl2N6/c1-11-9-16(23-8-7-22-15(20)5-6-21-2)25-17(24-11)13-4-3-12(18)10-14(13)19/h3-6,9-10,22H,7-8,20H2,1-2H3,(H,23,24,25)/b15-5+,21-6-. The van der Waals surface area contributed by atoms with Crippen LogP contribution in [0.3, 0.4) is 0 Å². The number of benzene rings is 1. The molecule has 0 radical (unpaired) electrons. The first-order chi connectivity index (χ1) is 12.0. The zero-order valence-corrected chi connectivity index (χ0v) is 15.6. The number of nitrogens with one attached hydrogen (secondary N) is 2. The third-order valence-corrected chi connectivity index (χ3v) is 3.74. The normalized spacial score (nSPS) is 11.8. The van der Waals surface area contributed by atoms with Crippen molar-refractivity contribution in [2.75, 3.05) is 25.5 Å². The number of aliphatic imine (C=N–C) groups is 1. The van der Waals surface area contributed by atoms with Crippen LogP contribution in [0.2, 0.25) is 10.0 Å². The highest BCUT2D eigenvalue weighted by molar-refractivity contribution is 6.36. The van der Waals surface area contributed by atoms with Crippen molar-refractivity contribution in [3.63, 3.8) is 0 Å². The van der Waals surface area contributed by atoms with Crippen LogP contribution in [0.25, 0.3) is 11.4 Å². The summed E-state index contributed by atoms with van der Waals surface area (Å²) in [5.74, 6) is 1.82. The summed E-state index contributed by atoms with van der Waals surface area (Å²) in [6.45, 7) is 3.19. The highest BCUT2D eigenvalue weighted by Crippen LogP contribution is 2.28. The molecule has 8 heteroatoms. The fourth-order valence-corrected chi connectivity index (χ4v) is 2.55. The molecular weight excluding hydrogens is 359 g/mol. The van der Waals surface area contributed by atoms with Crippen LogP contribution < -0.4 is 16.4 Å². The molecule has 0 aliphatic carbocycles. The van der Waals surface area contributed by atoms with E-state index in [0.717, 1.165) is 11.3 Å². The van der Waals surface area contributed by atoms with E-state index in [1.807, 2.05) is 19.1 Å². The Bertz CT molecular complexity index is 789. The summed E-state index contributed by atoms with van der Waals surface area (Å²) >= 11 is 12.2. The van der Waals surface area contributed by atoms with Gasteiger partial charge >= 0.3 is 0 Å². The molecule has 1 aromatic carbocycles. The van der Waals surface area contributed by atoms with Crippen molar-refractivity contribution in [1.29, 1.82) is 0 Å². The number of rotatable bonds is 7. The molecule has 0 bridgehead atoms. The molecule has 0 spiro atoms. The smallest absolute Gasteiger partial charge is 0.163 e. The number of hydrogen-bond donors (Lipinski definition) is 3. The second kappa shape index (κ2) is 9.25. The SMILES string of the molecule is C/N=C\C=C(/N)NCCNc1cc(C)nc(-c2ccc(Cl)cc2Cl)n1. The molecule has 0 atom stereocenters. The lowest BCUT2D eigenvalue weighted by molar-refractivity contribution is 0.806. The largest absolute Gasteiger partial charge is 0.385 e. The summed E-state index contributed by atoms with van der Waals surface area (Å²) in [5, 5.41) is 7.40. The van der Waals surface area contributed by atoms with Crippen molar-refractivity contribution in [3.8, 4) is 11.4 Å². The molecule has 0 amide bonds. The highest BCUT2D eigenvalue weighted by Gasteiger charge is 2.09. The maximum Gasteiger partial charge on any atom is 0.163 e. The number of hydrogen-bond acceptors (Lipinski definition) is 6. The first-order valence-corrected chi connectivity index (χ1v) is 8.42. The van der Waals surface area contributed by atoms with Gasteiger partial charge in [-0.25, -0.2) is 9.97 Å². The number of halogens is 2. The van der Waals surface area contributed by atoms with E-state index in [4.69, 9.17) is 28.9 Å². The molecule has 6 nitrogen and oxygen atoms in total. The first kappa shape index (κ1) is 19.0. The van der Waals surface area contributed by atoms with Crippen LogP contribution in [0.1, 0.15) is 5.69 Å². The molecule has 4 N–H and O–H groups in total. The van der Waals surface area contributed by atoms with Gasteiger partial charge in [-0.15, -0.1) is 0 Å². The monoisotopic (exact) mass is 378 g/mol. The average molecular weight is 379 g/mol. The van der Waals surface area contributed by atoms with Crippen LogP contribution in [0.5, 0.6) is 0 Å². The molecule has 0 aliphatic heterocycles. The van der Waals surface area contributed by atoms with E-state index in [0.29, 0.717) is 40.6 Å². The van der Waals surface area contributed by atoms with Gasteiger partial charge in [0.2, 0.25) is 0 Å². The Kier molecular flexibility index (Phi) is 7.03. The Morgan fingerprint density at radius 3 is 2.76 bits per heavy atom. The van der Waals surface area contributed by atoms with Gasteiger partial charge < -0.3 is 16.4 Å². The lowest BCUT2D eigenvalue weighted by Gasteiger charge is -2.11. The number of anilines is 1. The van der Waals surface area contributed by atoms with E-state index < -0.39 is 0 Å². The molecule has 25 heavy (non-hydrogen) atoms. The minimum Gasteiger partial charge on any atom is -0.385 e. The van der Waals surface area contributed by atoms with E-state index >= 15 is 0 Å². The summed E-state index contributed by atoms with van der Waals surface area (Å²) in [4.78, 5) is 12.8. The van der Waals surface area contributed by atoms with Gasteiger partial charge in [-0.1, -0.05) is 23.2 Å². The van der Waals surface area contributed by atoms with E-state index in [-0.39, 0.29) is 0 Å². The minimum atomic E-state index is 0.515. The van der Waals surface area contributed by atoms with Crippen molar-refractivity contribution >= 4 is 35.2 Å². The van der Waals surface area contributed by atoms with E-state index in [2.05, 4.69) is 25.6 Å². The maximum atomic E-state index is 6.25. The second-order valence-electron chi connectivity index (χ2n) is 5.23. The van der Waals surface area contributed by atoms with Crippen molar-refractivity contribution < 1.29 is 0 Å². The maximum absolute atomic E-state index is 6.25. The van der Waals surface area contributed by atoms with E-state index in [1.54, 1.807) is 31.5 Å². The predicted molar refractivity (Wildman–Crippen MR) is 105 cm³/mol. The molecule has 1 aromatic heterocycles. The molecule has 2 rings (SSSR count). The summed E-state index contributed by atoms with van der Waals surface area (Å²) < 4.78 is 0. The summed E-state index contributed by atoms with van der Waals surface area (Å²) in [6.07, 6.45) is 3.33. The molecule has 0 saturated carbocycles. The van der Waals surface area contributed by atoms with Crippen LogP contribution in [0, 0.1) is 6.92 Å². The van der Waals surface area contributed by atoms with Crippen molar-refractivity contribution in [2.24, 2.45) is 10.7 Å². The van der Waals surface area contributed by atoms with Gasteiger partial charge in [-0.2, -0.15) is 0 Å². The van der Waals surface area contributed by atoms with Crippen LogP contribution in [0.4, 0.5) is 5.82 Å². The fraction of sp³-hybridized carbons (Fsp3) is 0.235. The summed E-state index contributed by atoms with van der Waals surface area (Å²) in [6, 6.07) is 7.12. The van der Waals surface area contributed by atoms with Crippen LogP contribution in [-0.4, -0.2) is 36.3 Å². The second-order valence-corrected chi connectivity index (χ2v) is 6.07. The van der Waals surface area contributed by atoms with Crippen LogP contribution in [-0.2, 0) is 0 Å². The molecule has 0 saturated heterocycles. The molecule has 0 aliphatic rings. The number of aryl methyl sites for hydroxylation is 1. The average Bonchev–Trinajstić information content (AvgIpc) is 2.56. The van der Waals surface area contributed by atoms with Gasteiger partial charge in [-0.05, 0) is 31.2 Å². The first-order valence-electron chi connectivity index (χ1n) is 7.66. The third kappa shape index (κ3) is 5.92. The van der Waals surface area contributed by atoms with Gasteiger partial charge in [0.25, 0.3) is 0 Å². The van der Waals surface area contributed by atoms with Crippen molar-refractivity contribution in [2.45, 2.75) is 6.92 Å². The number of allylic oxidation sites excluding steroid dienone is 1. The molecule has 1 heterocycles. The molecule has 2 aromatic rings. The van der Waals surface area contributed by atoms with Gasteiger partial charge in [0.15, 0.2) is 5.82 Å². The molecule has 0 unspecified atom stereocenters. The van der Waals surface area contributed by atoms with Crippen LogP contribution >= 0.6 is 23.2 Å². The van der Waals surface area contributed by atoms with Crippen molar-refractivity contribution in [3.05, 3.63) is 51.9 Å². The lowest BCUT2D eigenvalue weighted by Crippen LogP contribution is -2.26. The molecular formula is C17H20Cl2N6. The lowest BCUT2D eigenvalue weighted by atomic mass is 10.2. The third-order valence-electron chi connectivity index (χ3n) is 3.19. The van der Waals surface area contributed by atoms with Gasteiger partial charge in [0.05, 0.1) is 10.8 Å². The zero-order valence-electron chi connectivity index (χ0n) is 14.1. The number of aromatic nitrogens is 2. The van der Waals surface area contributed by atoms with E-state index in [1.165, 1.54) is 0 Å². The quantitative estimate of drug-likeness (QED) is 0.508. The highest BCUT2D eigenvalue weighted by atomic mass is 35.5. The van der Waals surface area contributed by atoms with Gasteiger partial charge in [0, 0.05) is 48.7 Å². The fourth-order valence-electron chi connectivity index (χ4n) is 2.06. The Hall–Kier alpha value is -2.31. The molecule has 0 fully saturated rings. The Morgan fingerprint density at radius 1 is 1.24 bits per heavy atom.